The Hall–Kier alpha value is -1.98. The van der Waals surface area contributed by atoms with E-state index in [1.807, 2.05) is 6.07 Å². The molecule has 0 atom stereocenters. The van der Waals surface area contributed by atoms with Crippen molar-refractivity contribution in [3.63, 3.8) is 0 Å². The first-order valence-electron chi connectivity index (χ1n) is 5.51. The molecule has 7 nitrogen and oxygen atoms in total. The molecule has 0 amide bonds. The smallest absolute Gasteiger partial charge is 0.258 e. The van der Waals surface area contributed by atoms with Crippen molar-refractivity contribution in [2.45, 2.75) is 24.7 Å². The van der Waals surface area contributed by atoms with Crippen molar-refractivity contribution in [2.24, 2.45) is 0 Å². The Bertz CT molecular complexity index is 619. The summed E-state index contributed by atoms with van der Waals surface area (Å²) in [6, 6.07) is 5.97. The Morgan fingerprint density at radius 1 is 1.47 bits per heavy atom. The molecule has 102 valence electrons. The molecule has 0 aliphatic heterocycles. The van der Waals surface area contributed by atoms with Crippen LogP contribution in [0.25, 0.3) is 0 Å². The fourth-order valence-electron chi connectivity index (χ4n) is 1.58. The molecule has 0 bridgehead atoms. The number of benzene rings is 1. The van der Waals surface area contributed by atoms with Crippen molar-refractivity contribution in [2.75, 3.05) is 6.54 Å². The quantitative estimate of drug-likeness (QED) is 0.482. The van der Waals surface area contributed by atoms with Gasteiger partial charge in [-0.15, -0.1) is 0 Å². The summed E-state index contributed by atoms with van der Waals surface area (Å²) < 4.78 is 26.3. The number of sulfonamides is 1. The van der Waals surface area contributed by atoms with E-state index < -0.39 is 20.6 Å². The summed E-state index contributed by atoms with van der Waals surface area (Å²) in [6.07, 6.45) is 0.577. The molecule has 0 aliphatic carbocycles. The van der Waals surface area contributed by atoms with Crippen molar-refractivity contribution in [3.8, 4) is 6.07 Å². The molecule has 0 saturated carbocycles. The van der Waals surface area contributed by atoms with Crippen LogP contribution in [0.15, 0.2) is 23.1 Å². The van der Waals surface area contributed by atoms with E-state index in [0.29, 0.717) is 12.0 Å². The summed E-state index contributed by atoms with van der Waals surface area (Å²) in [5.74, 6) is 0. The Kier molecular flexibility index (Phi) is 4.97. The van der Waals surface area contributed by atoms with Gasteiger partial charge in [-0.2, -0.15) is 5.26 Å². The number of nitro benzene ring substituents is 1. The van der Waals surface area contributed by atoms with E-state index in [-0.39, 0.29) is 17.9 Å². The van der Waals surface area contributed by atoms with Crippen LogP contribution in [0.1, 0.15) is 18.4 Å². The zero-order valence-corrected chi connectivity index (χ0v) is 11.1. The zero-order chi connectivity index (χ0) is 14.5. The number of nitriles is 1. The van der Waals surface area contributed by atoms with Crippen molar-refractivity contribution in [1.82, 2.24) is 4.72 Å². The van der Waals surface area contributed by atoms with Gasteiger partial charge in [0.05, 0.1) is 11.0 Å². The lowest BCUT2D eigenvalue weighted by molar-refractivity contribution is -0.387. The van der Waals surface area contributed by atoms with Gasteiger partial charge in [0.1, 0.15) is 0 Å². The predicted molar refractivity (Wildman–Crippen MR) is 67.9 cm³/mol. The predicted octanol–water partition coefficient (Wildman–Crippen LogP) is 1.49. The maximum Gasteiger partial charge on any atom is 0.289 e. The van der Waals surface area contributed by atoms with E-state index in [1.54, 1.807) is 0 Å². The highest BCUT2D eigenvalue weighted by Crippen LogP contribution is 2.26. The van der Waals surface area contributed by atoms with Gasteiger partial charge in [-0.1, -0.05) is 12.1 Å². The molecule has 0 unspecified atom stereocenters. The second-order valence-electron chi connectivity index (χ2n) is 3.84. The van der Waals surface area contributed by atoms with Crippen LogP contribution in [0.4, 0.5) is 5.69 Å². The number of rotatable bonds is 6. The molecule has 1 aromatic carbocycles. The molecule has 0 saturated heterocycles. The van der Waals surface area contributed by atoms with Crippen LogP contribution < -0.4 is 4.72 Å². The van der Waals surface area contributed by atoms with Crippen LogP contribution >= 0.6 is 0 Å². The highest BCUT2D eigenvalue weighted by atomic mass is 32.2. The SMILES string of the molecule is Cc1cccc([N+](=O)[O-])c1S(=O)(=O)NCCCC#N. The Morgan fingerprint density at radius 2 is 2.16 bits per heavy atom. The third-order valence-corrected chi connectivity index (χ3v) is 4.07. The molecule has 8 heteroatoms. The van der Waals surface area contributed by atoms with Crippen LogP contribution in [-0.4, -0.2) is 19.9 Å². The van der Waals surface area contributed by atoms with Gasteiger partial charge >= 0.3 is 0 Å². The molecule has 1 aromatic rings. The van der Waals surface area contributed by atoms with Crippen LogP contribution in [0.5, 0.6) is 0 Å². The minimum atomic E-state index is -3.95. The molecule has 1 rings (SSSR count). The fourth-order valence-corrected chi connectivity index (χ4v) is 3.04. The normalized spacial score (nSPS) is 10.9. The van der Waals surface area contributed by atoms with Crippen LogP contribution in [-0.2, 0) is 10.0 Å². The lowest BCUT2D eigenvalue weighted by atomic mass is 10.2. The van der Waals surface area contributed by atoms with Crippen LogP contribution in [0.3, 0.4) is 0 Å². The largest absolute Gasteiger partial charge is 0.289 e. The standard InChI is InChI=1S/C11H13N3O4S/c1-9-5-4-6-10(14(15)16)11(9)19(17,18)13-8-3-2-7-12/h4-6,13H,2-3,8H2,1H3. The lowest BCUT2D eigenvalue weighted by Crippen LogP contribution is -2.26. The van der Waals surface area contributed by atoms with E-state index in [1.165, 1.54) is 19.1 Å². The van der Waals surface area contributed by atoms with Gasteiger partial charge in [0.15, 0.2) is 4.90 Å². The van der Waals surface area contributed by atoms with Gasteiger partial charge in [0, 0.05) is 19.0 Å². The molecular weight excluding hydrogens is 270 g/mol. The van der Waals surface area contributed by atoms with Gasteiger partial charge in [-0.05, 0) is 18.9 Å². The number of aryl methyl sites for hydroxylation is 1. The summed E-state index contributed by atoms with van der Waals surface area (Å²) in [5, 5.41) is 19.2. The maximum atomic E-state index is 12.0. The fraction of sp³-hybridized carbons (Fsp3) is 0.364. The highest BCUT2D eigenvalue weighted by molar-refractivity contribution is 7.89. The van der Waals surface area contributed by atoms with Gasteiger partial charge in [-0.3, -0.25) is 10.1 Å². The summed E-state index contributed by atoms with van der Waals surface area (Å²) >= 11 is 0. The molecule has 0 fully saturated rings. The molecule has 0 spiro atoms. The average molecular weight is 283 g/mol. The Morgan fingerprint density at radius 3 is 2.74 bits per heavy atom. The van der Waals surface area contributed by atoms with Crippen LogP contribution in [0.2, 0.25) is 0 Å². The Balaban J connectivity index is 3.08. The second-order valence-corrected chi connectivity index (χ2v) is 5.54. The molecule has 0 radical (unpaired) electrons. The third kappa shape index (κ3) is 3.74. The second kappa shape index (κ2) is 6.26. The third-order valence-electron chi connectivity index (χ3n) is 2.41. The zero-order valence-electron chi connectivity index (χ0n) is 10.3. The van der Waals surface area contributed by atoms with Crippen LogP contribution in [0, 0.1) is 28.4 Å². The van der Waals surface area contributed by atoms with E-state index >= 15 is 0 Å². The lowest BCUT2D eigenvalue weighted by Gasteiger charge is -2.08. The van der Waals surface area contributed by atoms with E-state index in [2.05, 4.69) is 4.72 Å². The number of hydrogen-bond acceptors (Lipinski definition) is 5. The highest BCUT2D eigenvalue weighted by Gasteiger charge is 2.27. The topological polar surface area (TPSA) is 113 Å². The average Bonchev–Trinajstić information content (AvgIpc) is 2.34. The van der Waals surface area contributed by atoms with E-state index in [0.717, 1.165) is 6.07 Å². The summed E-state index contributed by atoms with van der Waals surface area (Å²) in [4.78, 5) is 9.82. The molecule has 19 heavy (non-hydrogen) atoms. The minimum Gasteiger partial charge on any atom is -0.258 e. The number of unbranched alkanes of at least 4 members (excludes halogenated alkanes) is 1. The van der Waals surface area contributed by atoms with Gasteiger partial charge in [0.2, 0.25) is 10.0 Å². The van der Waals surface area contributed by atoms with Crippen molar-refractivity contribution in [1.29, 1.82) is 5.26 Å². The van der Waals surface area contributed by atoms with Crippen molar-refractivity contribution < 1.29 is 13.3 Å². The first-order valence-corrected chi connectivity index (χ1v) is 6.99. The summed E-state index contributed by atoms with van der Waals surface area (Å²) in [6.45, 7) is 1.57. The number of nitro groups is 1. The number of nitrogens with one attached hydrogen (secondary N) is 1. The number of nitrogens with zero attached hydrogens (tertiary/aromatic N) is 2. The first-order chi connectivity index (χ1) is 8.90. The number of hydrogen-bond donors (Lipinski definition) is 1. The Labute approximate surface area is 111 Å². The van der Waals surface area contributed by atoms with Crippen molar-refractivity contribution in [3.05, 3.63) is 33.9 Å². The van der Waals surface area contributed by atoms with E-state index in [9.17, 15) is 18.5 Å². The van der Waals surface area contributed by atoms with Gasteiger partial charge in [-0.25, -0.2) is 13.1 Å². The monoisotopic (exact) mass is 283 g/mol. The molecule has 0 heterocycles. The molecule has 1 N–H and O–H groups in total. The minimum absolute atomic E-state index is 0.0708. The summed E-state index contributed by atoms with van der Waals surface area (Å²) in [7, 11) is -3.95. The summed E-state index contributed by atoms with van der Waals surface area (Å²) in [5.41, 5.74) is -0.144. The molecule has 0 aromatic heterocycles. The van der Waals surface area contributed by atoms with Gasteiger partial charge < -0.3 is 0 Å². The molecule has 0 aliphatic rings. The first kappa shape index (κ1) is 15.1. The van der Waals surface area contributed by atoms with E-state index in [4.69, 9.17) is 5.26 Å². The maximum absolute atomic E-state index is 12.0. The molecular formula is C11H13N3O4S. The van der Waals surface area contributed by atoms with Gasteiger partial charge in [0.25, 0.3) is 5.69 Å². The van der Waals surface area contributed by atoms with Crippen molar-refractivity contribution >= 4 is 15.7 Å².